The summed E-state index contributed by atoms with van der Waals surface area (Å²) in [6.45, 7) is 4.43. The maximum Gasteiger partial charge on any atom is 0.231 e. The standard InChI is InChI=1S/2C3H10Si.CHNO/c2*1-2-3-4;2-1-3/h2*2-3H2,1,4H3;2H. The van der Waals surface area contributed by atoms with Crippen LogP contribution in [0.4, 0.5) is 0 Å². The van der Waals surface area contributed by atoms with Gasteiger partial charge in [-0.1, -0.05) is 38.8 Å². The molecule has 0 unspecified atom stereocenters. The number of carbonyl (C=O) groups excluding carboxylic acids is 1. The van der Waals surface area contributed by atoms with E-state index in [2.05, 4.69) is 13.8 Å². The minimum absolute atomic E-state index is 0.750. The summed E-state index contributed by atoms with van der Waals surface area (Å²) in [5.74, 6) is 0. The molecule has 0 bridgehead atoms. The Morgan fingerprint density at radius 3 is 1.27 bits per heavy atom. The zero-order valence-electron chi connectivity index (χ0n) is 8.24. The molecule has 0 atom stereocenters. The Labute approximate surface area is 76.1 Å². The van der Waals surface area contributed by atoms with E-state index in [0.29, 0.717) is 0 Å². The summed E-state index contributed by atoms with van der Waals surface area (Å²) in [6.07, 6.45) is 3.51. The van der Waals surface area contributed by atoms with Gasteiger partial charge in [-0.2, -0.15) is 0 Å². The lowest BCUT2D eigenvalue weighted by atomic mass is 10.6. The van der Waals surface area contributed by atoms with E-state index in [1.54, 1.807) is 0 Å². The lowest BCUT2D eigenvalue weighted by molar-refractivity contribution is 0.563. The molecule has 0 heterocycles. The largest absolute Gasteiger partial charge is 0.231 e. The van der Waals surface area contributed by atoms with Gasteiger partial charge in [0.1, 0.15) is 0 Å². The average Bonchev–Trinajstić information content (AvgIpc) is 2.06. The van der Waals surface area contributed by atoms with Crippen molar-refractivity contribution in [3.63, 3.8) is 0 Å². The lowest BCUT2D eigenvalue weighted by Gasteiger charge is -1.67. The molecule has 0 amide bonds. The van der Waals surface area contributed by atoms with Gasteiger partial charge in [0.05, 0.1) is 0 Å². The minimum atomic E-state index is 0.750. The van der Waals surface area contributed by atoms with Crippen LogP contribution in [0.2, 0.25) is 12.1 Å². The molecule has 0 aromatic carbocycles. The number of hydrogen-bond donors (Lipinski definition) is 1. The predicted molar refractivity (Wildman–Crippen MR) is 58.5 cm³/mol. The van der Waals surface area contributed by atoms with Crippen molar-refractivity contribution in [3.05, 3.63) is 0 Å². The summed E-state index contributed by atoms with van der Waals surface area (Å²) < 4.78 is 0. The molecular formula is C7H21NOSi2. The minimum Gasteiger partial charge on any atom is -0.222 e. The fourth-order valence-corrected chi connectivity index (χ4v) is 0. The maximum absolute atomic E-state index is 8.35. The van der Waals surface area contributed by atoms with E-state index in [0.717, 1.165) is 6.08 Å². The summed E-state index contributed by atoms with van der Waals surface area (Å²) in [7, 11) is 2.78. The molecule has 0 radical (unpaired) electrons. The van der Waals surface area contributed by atoms with Crippen LogP contribution < -0.4 is 0 Å². The van der Waals surface area contributed by atoms with Crippen LogP contribution in [0.5, 0.6) is 0 Å². The SMILES string of the molecule is CCC[SiH3].CCC[SiH3].N=C=O. The van der Waals surface area contributed by atoms with Crippen LogP contribution in [0.15, 0.2) is 0 Å². The van der Waals surface area contributed by atoms with Gasteiger partial charge < -0.3 is 0 Å². The van der Waals surface area contributed by atoms with Gasteiger partial charge in [0.2, 0.25) is 6.08 Å². The predicted octanol–water partition coefficient (Wildman–Crippen LogP) is 0.261. The molecule has 0 rings (SSSR count). The molecule has 0 aliphatic heterocycles. The van der Waals surface area contributed by atoms with Crippen LogP contribution in [0.3, 0.4) is 0 Å². The summed E-state index contributed by atoms with van der Waals surface area (Å²) in [5.41, 5.74) is 0. The Bertz CT molecular complexity index is 64.8. The molecule has 0 saturated carbocycles. The molecule has 0 aromatic rings. The van der Waals surface area contributed by atoms with Crippen molar-refractivity contribution in [1.29, 1.82) is 5.41 Å². The van der Waals surface area contributed by atoms with Gasteiger partial charge in [-0.05, 0) is 0 Å². The Kier molecular flexibility index (Phi) is 51.0. The van der Waals surface area contributed by atoms with Crippen molar-refractivity contribution < 1.29 is 4.79 Å². The van der Waals surface area contributed by atoms with Crippen LogP contribution in [-0.4, -0.2) is 26.6 Å². The first-order valence-corrected chi connectivity index (χ1v) is 7.11. The molecule has 0 fully saturated rings. The van der Waals surface area contributed by atoms with Gasteiger partial charge in [-0.3, -0.25) is 0 Å². The third kappa shape index (κ3) is 182. The Morgan fingerprint density at radius 1 is 1.18 bits per heavy atom. The monoisotopic (exact) mass is 191 g/mol. The van der Waals surface area contributed by atoms with Crippen molar-refractivity contribution in [1.82, 2.24) is 0 Å². The van der Waals surface area contributed by atoms with Crippen molar-refractivity contribution in [2.24, 2.45) is 0 Å². The summed E-state index contributed by atoms with van der Waals surface area (Å²) in [4.78, 5) is 8.35. The summed E-state index contributed by atoms with van der Waals surface area (Å²) in [5, 5.41) is 5.40. The van der Waals surface area contributed by atoms with Crippen LogP contribution in [-0.2, 0) is 4.79 Å². The quantitative estimate of drug-likeness (QED) is 0.380. The first kappa shape index (κ1) is 17.1. The molecule has 68 valence electrons. The average molecular weight is 191 g/mol. The third-order valence-corrected chi connectivity index (χ3v) is 3.00. The Morgan fingerprint density at radius 2 is 1.27 bits per heavy atom. The second kappa shape index (κ2) is 32.9. The van der Waals surface area contributed by atoms with E-state index in [1.807, 2.05) is 0 Å². The van der Waals surface area contributed by atoms with E-state index in [-0.39, 0.29) is 0 Å². The highest BCUT2D eigenvalue weighted by atomic mass is 28.1. The normalized spacial score (nSPS) is 6.73. The van der Waals surface area contributed by atoms with E-state index in [9.17, 15) is 0 Å². The lowest BCUT2D eigenvalue weighted by Crippen LogP contribution is -1.55. The first-order chi connectivity index (χ1) is 5.24. The highest BCUT2D eigenvalue weighted by molar-refractivity contribution is 6.08. The van der Waals surface area contributed by atoms with Gasteiger partial charge >= 0.3 is 0 Å². The van der Waals surface area contributed by atoms with Gasteiger partial charge in [0.15, 0.2) is 0 Å². The van der Waals surface area contributed by atoms with E-state index in [1.165, 1.54) is 45.4 Å². The molecule has 0 aromatic heterocycles. The zero-order chi connectivity index (χ0) is 9.54. The molecule has 1 N–H and O–H groups in total. The molecule has 0 aliphatic rings. The zero-order valence-corrected chi connectivity index (χ0v) is 12.2. The molecule has 11 heavy (non-hydrogen) atoms. The van der Waals surface area contributed by atoms with E-state index < -0.39 is 0 Å². The number of isocyanates is 1. The van der Waals surface area contributed by atoms with Crippen LogP contribution in [0, 0.1) is 5.41 Å². The van der Waals surface area contributed by atoms with Crippen molar-refractivity contribution in [2.75, 3.05) is 0 Å². The number of rotatable bonds is 2. The first-order valence-electron chi connectivity index (χ1n) is 4.28. The van der Waals surface area contributed by atoms with Gasteiger partial charge in [0.25, 0.3) is 0 Å². The van der Waals surface area contributed by atoms with Crippen molar-refractivity contribution in [2.45, 2.75) is 38.8 Å². The fraction of sp³-hybridized carbons (Fsp3) is 0.857. The molecule has 0 saturated heterocycles. The fourth-order valence-electron chi connectivity index (χ4n) is 0. The molecule has 2 nitrogen and oxygen atoms in total. The molecular weight excluding hydrogens is 170 g/mol. The maximum atomic E-state index is 8.35. The topological polar surface area (TPSA) is 40.9 Å². The molecule has 0 aliphatic carbocycles. The number of hydrogen-bond acceptors (Lipinski definition) is 2. The smallest absolute Gasteiger partial charge is 0.222 e. The van der Waals surface area contributed by atoms with Crippen molar-refractivity contribution in [3.8, 4) is 0 Å². The highest BCUT2D eigenvalue weighted by Crippen LogP contribution is 1.74. The Hall–Kier alpha value is -0.186. The van der Waals surface area contributed by atoms with Crippen LogP contribution in [0.25, 0.3) is 0 Å². The van der Waals surface area contributed by atoms with Gasteiger partial charge in [-0.15, -0.1) is 0 Å². The third-order valence-electron chi connectivity index (χ3n) is 1.000. The van der Waals surface area contributed by atoms with Crippen LogP contribution >= 0.6 is 0 Å². The highest BCUT2D eigenvalue weighted by Gasteiger charge is 1.57. The van der Waals surface area contributed by atoms with Crippen molar-refractivity contribution >= 4 is 26.6 Å². The Balaban J connectivity index is -0.0000000886. The molecule has 4 heteroatoms. The second-order valence-electron chi connectivity index (χ2n) is 2.10. The molecule has 0 spiro atoms. The summed E-state index contributed by atoms with van der Waals surface area (Å²) >= 11 is 0. The van der Waals surface area contributed by atoms with Gasteiger partial charge in [-0.25, -0.2) is 10.2 Å². The van der Waals surface area contributed by atoms with Gasteiger partial charge in [0, 0.05) is 20.5 Å². The van der Waals surface area contributed by atoms with E-state index >= 15 is 0 Å². The van der Waals surface area contributed by atoms with E-state index in [4.69, 9.17) is 10.2 Å². The number of nitrogens with one attached hydrogen (secondary N) is 1. The summed E-state index contributed by atoms with van der Waals surface area (Å²) in [6, 6.07) is 2.92. The second-order valence-corrected chi connectivity index (χ2v) is 4.10. The van der Waals surface area contributed by atoms with Crippen LogP contribution in [0.1, 0.15) is 26.7 Å².